The molecule has 3 aromatic rings. The molecule has 10 nitrogen and oxygen atoms in total. The zero-order valence-corrected chi connectivity index (χ0v) is 26.8. The number of alkyl halides is 2. The summed E-state index contributed by atoms with van der Waals surface area (Å²) in [7, 11) is 0. The van der Waals surface area contributed by atoms with Gasteiger partial charge in [0.25, 0.3) is 11.8 Å². The molecule has 1 unspecified atom stereocenters. The van der Waals surface area contributed by atoms with Gasteiger partial charge in [-0.1, -0.05) is 56.5 Å². The lowest BCUT2D eigenvalue weighted by Gasteiger charge is -2.24. The molecule has 0 radical (unpaired) electrons. The summed E-state index contributed by atoms with van der Waals surface area (Å²) < 4.78 is 34.9. The molecule has 0 spiro atoms. The standard InChI is InChI=1S/C34H37F2N5O5S/c1-2-3-4-7-15-46-33(45)40-30(37)22-16-23(47-20-22)18-38-32(44)28-11-8-14-41(28)29(42)19-39-31(43)21-12-13-27-25(17-21)24-9-5-6-10-26(24)34(27,35)36/h5-6,9-10,12-13,16-17,20,28H,2-4,7-8,11,14-15,18-19H2,1H3,(H,38,44)(H,39,43)(H2,37,40,45). The molecule has 2 heterocycles. The fourth-order valence-corrected chi connectivity index (χ4v) is 6.63. The molecule has 4 amide bonds. The Balaban J connectivity index is 1.09. The second kappa shape index (κ2) is 14.8. The molecule has 1 saturated heterocycles. The highest BCUT2D eigenvalue weighted by atomic mass is 32.1. The van der Waals surface area contributed by atoms with E-state index in [9.17, 15) is 28.0 Å². The molecule has 1 atom stereocenters. The number of rotatable bonds is 12. The van der Waals surface area contributed by atoms with E-state index in [0.717, 1.165) is 30.6 Å². The predicted molar refractivity (Wildman–Crippen MR) is 174 cm³/mol. The summed E-state index contributed by atoms with van der Waals surface area (Å²) in [6.07, 6.45) is 4.31. The van der Waals surface area contributed by atoms with Gasteiger partial charge in [-0.15, -0.1) is 11.3 Å². The largest absolute Gasteiger partial charge is 0.449 e. The molecule has 1 aliphatic heterocycles. The van der Waals surface area contributed by atoms with Crippen LogP contribution in [-0.2, 0) is 26.8 Å². The van der Waals surface area contributed by atoms with E-state index in [2.05, 4.69) is 22.9 Å². The number of carbonyl (C=O) groups excluding carboxylic acids is 4. The van der Waals surface area contributed by atoms with Crippen molar-refractivity contribution in [2.24, 2.45) is 0 Å². The first-order valence-electron chi connectivity index (χ1n) is 15.7. The van der Waals surface area contributed by atoms with Crippen molar-refractivity contribution in [1.29, 1.82) is 5.41 Å². The highest BCUT2D eigenvalue weighted by molar-refractivity contribution is 7.10. The number of amidine groups is 1. The molecule has 5 rings (SSSR count). The number of amides is 4. The van der Waals surface area contributed by atoms with Crippen molar-refractivity contribution in [2.75, 3.05) is 19.7 Å². The molecular weight excluding hydrogens is 628 g/mol. The Morgan fingerprint density at radius 2 is 1.79 bits per heavy atom. The van der Waals surface area contributed by atoms with Crippen molar-refractivity contribution in [1.82, 2.24) is 20.9 Å². The van der Waals surface area contributed by atoms with Gasteiger partial charge in [-0.25, -0.2) is 4.79 Å². The van der Waals surface area contributed by atoms with Gasteiger partial charge in [0.15, 0.2) is 0 Å². The lowest BCUT2D eigenvalue weighted by Crippen LogP contribution is -2.48. The molecule has 4 N–H and O–H groups in total. The van der Waals surface area contributed by atoms with E-state index in [1.807, 2.05) is 0 Å². The van der Waals surface area contributed by atoms with Crippen LogP contribution in [-0.4, -0.2) is 60.3 Å². The average Bonchev–Trinajstić information content (AvgIpc) is 3.80. The number of thiophene rings is 1. The van der Waals surface area contributed by atoms with Crippen LogP contribution in [0.1, 0.15) is 77.4 Å². The molecule has 47 heavy (non-hydrogen) atoms. The normalized spacial score (nSPS) is 15.8. The Bertz CT molecular complexity index is 1680. The summed E-state index contributed by atoms with van der Waals surface area (Å²) in [4.78, 5) is 53.2. The van der Waals surface area contributed by atoms with Crippen molar-refractivity contribution < 1.29 is 32.7 Å². The van der Waals surface area contributed by atoms with Crippen LogP contribution < -0.4 is 16.0 Å². The van der Waals surface area contributed by atoms with E-state index < -0.39 is 29.9 Å². The minimum atomic E-state index is -3.16. The first-order valence-corrected chi connectivity index (χ1v) is 16.6. The van der Waals surface area contributed by atoms with E-state index in [4.69, 9.17) is 10.1 Å². The third-order valence-electron chi connectivity index (χ3n) is 8.29. The van der Waals surface area contributed by atoms with Crippen molar-refractivity contribution in [2.45, 2.75) is 64.0 Å². The maximum absolute atomic E-state index is 14.9. The summed E-state index contributed by atoms with van der Waals surface area (Å²) in [5.74, 6) is -4.60. The molecule has 0 bridgehead atoms. The van der Waals surface area contributed by atoms with Crippen LogP contribution in [0.25, 0.3) is 11.1 Å². The zero-order valence-electron chi connectivity index (χ0n) is 26.0. The van der Waals surface area contributed by atoms with Crippen molar-refractivity contribution >= 4 is 41.0 Å². The van der Waals surface area contributed by atoms with Crippen molar-refractivity contribution in [3.05, 3.63) is 81.0 Å². The number of unbranched alkanes of at least 4 members (excludes halogenated alkanes) is 3. The molecule has 1 aliphatic carbocycles. The van der Waals surface area contributed by atoms with E-state index in [1.54, 1.807) is 29.6 Å². The Hall–Kier alpha value is -4.65. The second-order valence-electron chi connectivity index (χ2n) is 11.5. The summed E-state index contributed by atoms with van der Waals surface area (Å²) in [6, 6.07) is 11.1. The van der Waals surface area contributed by atoms with Crippen molar-refractivity contribution in [3.8, 4) is 11.1 Å². The molecule has 1 aromatic heterocycles. The quantitative estimate of drug-likeness (QED) is 0.114. The number of hydrogen-bond acceptors (Lipinski definition) is 7. The summed E-state index contributed by atoms with van der Waals surface area (Å²) in [5.41, 5.74) is 1.00. The maximum atomic E-state index is 14.9. The lowest BCUT2D eigenvalue weighted by molar-refractivity contribution is -0.137. The van der Waals surface area contributed by atoms with Crippen LogP contribution in [0.2, 0.25) is 0 Å². The molecule has 248 valence electrons. The Kier molecular flexibility index (Phi) is 10.6. The number of fused-ring (bicyclic) bond motifs is 3. The van der Waals surface area contributed by atoms with Gasteiger partial charge in [-0.3, -0.25) is 25.1 Å². The van der Waals surface area contributed by atoms with Crippen LogP contribution >= 0.6 is 11.3 Å². The Morgan fingerprint density at radius 3 is 2.60 bits per heavy atom. The third-order valence-corrected chi connectivity index (χ3v) is 9.23. The predicted octanol–water partition coefficient (Wildman–Crippen LogP) is 5.54. The van der Waals surface area contributed by atoms with E-state index >= 15 is 0 Å². The van der Waals surface area contributed by atoms with Gasteiger partial charge in [0.2, 0.25) is 11.8 Å². The van der Waals surface area contributed by atoms with Crippen molar-refractivity contribution in [3.63, 3.8) is 0 Å². The number of nitrogens with one attached hydrogen (secondary N) is 4. The first kappa shape index (κ1) is 33.7. The monoisotopic (exact) mass is 665 g/mol. The smallest absolute Gasteiger partial charge is 0.412 e. The highest BCUT2D eigenvalue weighted by Crippen LogP contribution is 2.50. The topological polar surface area (TPSA) is 141 Å². The highest BCUT2D eigenvalue weighted by Gasteiger charge is 2.44. The van der Waals surface area contributed by atoms with Gasteiger partial charge < -0.3 is 20.3 Å². The molecule has 0 saturated carbocycles. The van der Waals surface area contributed by atoms with Crippen LogP contribution in [0, 0.1) is 5.41 Å². The number of hydrogen-bond donors (Lipinski definition) is 4. The number of benzene rings is 2. The number of ether oxygens (including phenoxy) is 1. The fourth-order valence-electron chi connectivity index (χ4n) is 5.82. The minimum absolute atomic E-state index is 0.102. The van der Waals surface area contributed by atoms with Crippen LogP contribution in [0.5, 0.6) is 0 Å². The summed E-state index contributed by atoms with van der Waals surface area (Å²) in [6.45, 7) is 2.57. The number of carbonyl (C=O) groups is 4. The van der Waals surface area contributed by atoms with Gasteiger partial charge in [0.05, 0.1) is 19.7 Å². The Labute approximate surface area is 275 Å². The fraction of sp³-hybridized carbons (Fsp3) is 0.382. The maximum Gasteiger partial charge on any atom is 0.412 e. The Morgan fingerprint density at radius 1 is 1.00 bits per heavy atom. The molecule has 1 fully saturated rings. The average molecular weight is 666 g/mol. The van der Waals surface area contributed by atoms with Gasteiger partial charge in [-0.2, -0.15) is 8.78 Å². The number of halogens is 2. The van der Waals surface area contributed by atoms with Gasteiger partial charge >= 0.3 is 6.09 Å². The third kappa shape index (κ3) is 7.67. The minimum Gasteiger partial charge on any atom is -0.449 e. The van der Waals surface area contributed by atoms with E-state index in [0.29, 0.717) is 37.1 Å². The summed E-state index contributed by atoms with van der Waals surface area (Å²) in [5, 5.41) is 17.7. The van der Waals surface area contributed by atoms with E-state index in [-0.39, 0.29) is 47.1 Å². The lowest BCUT2D eigenvalue weighted by atomic mass is 10.0. The molecule has 2 aliphatic rings. The molecule has 2 aromatic carbocycles. The molecule has 13 heteroatoms. The van der Waals surface area contributed by atoms with Gasteiger partial charge in [0, 0.05) is 39.1 Å². The van der Waals surface area contributed by atoms with Gasteiger partial charge in [-0.05, 0) is 48.6 Å². The van der Waals surface area contributed by atoms with Crippen LogP contribution in [0.3, 0.4) is 0 Å². The van der Waals surface area contributed by atoms with Gasteiger partial charge in [0.1, 0.15) is 11.9 Å². The second-order valence-corrected chi connectivity index (χ2v) is 12.5. The van der Waals surface area contributed by atoms with E-state index in [1.165, 1.54) is 40.5 Å². The number of alkyl carbamates (subject to hydrolysis) is 1. The van der Waals surface area contributed by atoms with Crippen LogP contribution in [0.15, 0.2) is 53.9 Å². The SMILES string of the molecule is CCCCCCOC(=O)NC(=N)c1csc(CNC(=O)C2CCCN2C(=O)CNC(=O)c2ccc3c(c2)-c2ccccc2C3(F)F)c1. The number of likely N-dealkylation sites (tertiary alicyclic amines) is 1. The van der Waals surface area contributed by atoms with Crippen LogP contribution in [0.4, 0.5) is 13.6 Å². The first-order chi connectivity index (χ1) is 22.6. The molecular formula is C34H37F2N5O5S. The summed E-state index contributed by atoms with van der Waals surface area (Å²) >= 11 is 1.32. The zero-order chi connectivity index (χ0) is 33.6. The number of nitrogens with zero attached hydrogens (tertiary/aromatic N) is 1.